The van der Waals surface area contributed by atoms with Crippen LogP contribution in [0.15, 0.2) is 6.20 Å². The third-order valence-corrected chi connectivity index (χ3v) is 4.11. The Morgan fingerprint density at radius 1 is 1.39 bits per heavy atom. The number of hydrogen-bond acceptors (Lipinski definition) is 3. The number of carbonyl (C=O) groups is 1. The van der Waals surface area contributed by atoms with Crippen LogP contribution in [0.1, 0.15) is 50.5 Å². The maximum Gasteiger partial charge on any atom is 0.406 e. The van der Waals surface area contributed by atoms with Gasteiger partial charge in [-0.1, -0.05) is 0 Å². The van der Waals surface area contributed by atoms with Gasteiger partial charge in [-0.05, 0) is 27.7 Å². The minimum absolute atomic E-state index is 0.0777. The molecule has 0 saturated carbocycles. The Balaban J connectivity index is 1.99. The molecule has 23 heavy (non-hydrogen) atoms. The third-order valence-electron chi connectivity index (χ3n) is 4.11. The molecule has 8 heteroatoms. The summed E-state index contributed by atoms with van der Waals surface area (Å²) in [5.74, 6) is -0.457. The molecule has 2 rings (SSSR count). The maximum absolute atomic E-state index is 12.4. The molecule has 0 unspecified atom stereocenters. The van der Waals surface area contributed by atoms with Gasteiger partial charge in [0.15, 0.2) is 0 Å². The van der Waals surface area contributed by atoms with E-state index >= 15 is 0 Å². The van der Waals surface area contributed by atoms with Crippen molar-refractivity contribution >= 4 is 5.91 Å². The van der Waals surface area contributed by atoms with E-state index in [9.17, 15) is 18.0 Å². The second kappa shape index (κ2) is 6.51. The van der Waals surface area contributed by atoms with Gasteiger partial charge in [-0.3, -0.25) is 9.48 Å². The van der Waals surface area contributed by atoms with E-state index in [1.807, 2.05) is 32.4 Å². The Morgan fingerprint density at radius 3 is 2.57 bits per heavy atom. The van der Waals surface area contributed by atoms with E-state index < -0.39 is 18.6 Å². The molecular weight excluding hydrogens is 309 g/mol. The van der Waals surface area contributed by atoms with Gasteiger partial charge in [-0.15, -0.1) is 0 Å². The van der Waals surface area contributed by atoms with Crippen LogP contribution in [0.4, 0.5) is 13.2 Å². The van der Waals surface area contributed by atoms with E-state index in [0.717, 1.165) is 16.2 Å². The lowest BCUT2D eigenvalue weighted by Gasteiger charge is -2.21. The lowest BCUT2D eigenvalue weighted by Crippen LogP contribution is -2.38. The summed E-state index contributed by atoms with van der Waals surface area (Å²) in [5.41, 5.74) is 2.02. The van der Waals surface area contributed by atoms with Crippen molar-refractivity contribution in [3.05, 3.63) is 17.5 Å². The largest absolute Gasteiger partial charge is 0.406 e. The Hall–Kier alpha value is -1.57. The molecule has 1 aliphatic rings. The van der Waals surface area contributed by atoms with Crippen LogP contribution in [0.25, 0.3) is 0 Å². The van der Waals surface area contributed by atoms with Crippen molar-refractivity contribution < 1.29 is 18.0 Å². The summed E-state index contributed by atoms with van der Waals surface area (Å²) >= 11 is 0. The van der Waals surface area contributed by atoms with Gasteiger partial charge in [0.1, 0.15) is 6.54 Å². The van der Waals surface area contributed by atoms with Gasteiger partial charge < -0.3 is 10.2 Å². The molecule has 0 radical (unpaired) electrons. The molecule has 1 aromatic heterocycles. The summed E-state index contributed by atoms with van der Waals surface area (Å²) in [7, 11) is 0. The highest BCUT2D eigenvalue weighted by Crippen LogP contribution is 2.24. The van der Waals surface area contributed by atoms with E-state index in [2.05, 4.69) is 10.4 Å². The molecule has 1 amide bonds. The number of aromatic nitrogens is 2. The van der Waals surface area contributed by atoms with E-state index in [1.54, 1.807) is 6.20 Å². The second-order valence-corrected chi connectivity index (χ2v) is 6.40. The van der Waals surface area contributed by atoms with Crippen LogP contribution < -0.4 is 5.32 Å². The Kier molecular flexibility index (Phi) is 5.03. The van der Waals surface area contributed by atoms with Crippen LogP contribution in [0.2, 0.25) is 0 Å². The van der Waals surface area contributed by atoms with Crippen LogP contribution in [-0.4, -0.2) is 45.9 Å². The first-order valence-corrected chi connectivity index (χ1v) is 7.73. The third kappa shape index (κ3) is 4.25. The van der Waals surface area contributed by atoms with Crippen LogP contribution in [-0.2, 0) is 4.79 Å². The van der Waals surface area contributed by atoms with Crippen LogP contribution in [0.3, 0.4) is 0 Å². The lowest BCUT2D eigenvalue weighted by atomic mass is 10.1. The van der Waals surface area contributed by atoms with E-state index in [4.69, 9.17) is 0 Å². The van der Waals surface area contributed by atoms with E-state index in [1.165, 1.54) is 0 Å². The van der Waals surface area contributed by atoms with Crippen molar-refractivity contribution in [3.8, 4) is 0 Å². The topological polar surface area (TPSA) is 50.2 Å². The molecule has 2 heterocycles. The molecule has 1 aliphatic heterocycles. The number of hydrogen-bond donors (Lipinski definition) is 1. The summed E-state index contributed by atoms with van der Waals surface area (Å²) in [4.78, 5) is 12.6. The van der Waals surface area contributed by atoms with Gasteiger partial charge >= 0.3 is 6.18 Å². The summed E-state index contributed by atoms with van der Waals surface area (Å²) in [5, 5.41) is 7.59. The molecule has 2 atom stereocenters. The quantitative estimate of drug-likeness (QED) is 0.902. The smallest absolute Gasteiger partial charge is 0.332 e. The molecule has 1 aromatic rings. The molecule has 0 spiro atoms. The number of amides is 1. The second-order valence-electron chi connectivity index (χ2n) is 6.40. The monoisotopic (exact) mass is 332 g/mol. The standard InChI is InChI=1S/C15H23F3N4O/c1-9(2)22-11(4)13(6-19-22)10(3)20-12-5-14(23)21(7-12)8-15(16,17)18/h6,9-10,12,20H,5,7-8H2,1-4H3/t10-,12-/m1/s1. The molecule has 1 fully saturated rings. The Labute approximate surface area is 133 Å². The molecule has 1 saturated heterocycles. The highest BCUT2D eigenvalue weighted by Gasteiger charge is 2.38. The number of likely N-dealkylation sites (tertiary alicyclic amines) is 1. The molecule has 0 bridgehead atoms. The van der Waals surface area contributed by atoms with Crippen molar-refractivity contribution in [1.29, 1.82) is 0 Å². The van der Waals surface area contributed by atoms with Gasteiger partial charge in [-0.25, -0.2) is 0 Å². The fraction of sp³-hybridized carbons (Fsp3) is 0.733. The van der Waals surface area contributed by atoms with Crippen molar-refractivity contribution in [2.24, 2.45) is 0 Å². The normalized spacial score (nSPS) is 20.6. The SMILES string of the molecule is Cc1c([C@@H](C)N[C@@H]2CC(=O)N(CC(F)(F)F)C2)cnn1C(C)C. The zero-order valence-electron chi connectivity index (χ0n) is 13.8. The highest BCUT2D eigenvalue weighted by molar-refractivity contribution is 5.79. The number of alkyl halides is 3. The molecule has 0 aliphatic carbocycles. The molecule has 5 nitrogen and oxygen atoms in total. The van der Waals surface area contributed by atoms with Crippen LogP contribution in [0.5, 0.6) is 0 Å². The van der Waals surface area contributed by atoms with Gasteiger partial charge in [0.25, 0.3) is 0 Å². The maximum atomic E-state index is 12.4. The molecule has 0 aromatic carbocycles. The van der Waals surface area contributed by atoms with Crippen molar-refractivity contribution in [1.82, 2.24) is 20.0 Å². The molecule has 130 valence electrons. The van der Waals surface area contributed by atoms with Gasteiger partial charge in [0.2, 0.25) is 5.91 Å². The summed E-state index contributed by atoms with van der Waals surface area (Å²) in [6.45, 7) is 6.88. The average molecular weight is 332 g/mol. The van der Waals surface area contributed by atoms with Crippen LogP contribution >= 0.6 is 0 Å². The van der Waals surface area contributed by atoms with Crippen LogP contribution in [0, 0.1) is 6.92 Å². The lowest BCUT2D eigenvalue weighted by molar-refractivity contribution is -0.157. The number of halogens is 3. The predicted octanol–water partition coefficient (Wildman–Crippen LogP) is 2.59. The Morgan fingerprint density at radius 2 is 2.04 bits per heavy atom. The van der Waals surface area contributed by atoms with E-state index in [-0.39, 0.29) is 31.1 Å². The van der Waals surface area contributed by atoms with E-state index in [0.29, 0.717) is 0 Å². The molecular formula is C15H23F3N4O. The number of nitrogens with zero attached hydrogens (tertiary/aromatic N) is 3. The first-order valence-electron chi connectivity index (χ1n) is 7.73. The van der Waals surface area contributed by atoms with Crippen molar-refractivity contribution in [2.75, 3.05) is 13.1 Å². The number of rotatable bonds is 5. The zero-order valence-corrected chi connectivity index (χ0v) is 13.8. The number of carbonyl (C=O) groups excluding carboxylic acids is 1. The summed E-state index contributed by atoms with van der Waals surface area (Å²) in [6, 6.07) is -0.112. The fourth-order valence-corrected chi connectivity index (χ4v) is 3.08. The first kappa shape index (κ1) is 17.8. The van der Waals surface area contributed by atoms with Gasteiger partial charge in [-0.2, -0.15) is 18.3 Å². The molecule has 1 N–H and O–H groups in total. The zero-order chi connectivity index (χ0) is 17.4. The van der Waals surface area contributed by atoms with Crippen molar-refractivity contribution in [3.63, 3.8) is 0 Å². The fourth-order valence-electron chi connectivity index (χ4n) is 3.08. The summed E-state index contributed by atoms with van der Waals surface area (Å²) in [6.07, 6.45) is -2.49. The Bertz CT molecular complexity index is 568. The minimum atomic E-state index is -4.36. The minimum Gasteiger partial charge on any atom is -0.332 e. The van der Waals surface area contributed by atoms with Crippen molar-refractivity contribution in [2.45, 2.75) is 58.4 Å². The van der Waals surface area contributed by atoms with Gasteiger partial charge in [0.05, 0.1) is 6.20 Å². The first-order chi connectivity index (χ1) is 10.6. The predicted molar refractivity (Wildman–Crippen MR) is 79.9 cm³/mol. The number of nitrogens with one attached hydrogen (secondary N) is 1. The van der Waals surface area contributed by atoms with Gasteiger partial charge in [0, 0.05) is 42.3 Å². The average Bonchev–Trinajstić information content (AvgIpc) is 2.91. The summed E-state index contributed by atoms with van der Waals surface area (Å²) < 4.78 is 39.2. The highest BCUT2D eigenvalue weighted by atomic mass is 19.4.